The lowest BCUT2D eigenvalue weighted by Gasteiger charge is -2.36. The molecule has 2 aliphatic heterocycles. The molecule has 0 radical (unpaired) electrons. The lowest BCUT2D eigenvalue weighted by Crippen LogP contribution is -2.44. The molecule has 2 fully saturated rings. The number of hydrogen-bond donors (Lipinski definition) is 1. The van der Waals surface area contributed by atoms with Gasteiger partial charge in [0.1, 0.15) is 5.82 Å². The van der Waals surface area contributed by atoms with Crippen molar-refractivity contribution in [3.63, 3.8) is 0 Å². The van der Waals surface area contributed by atoms with Gasteiger partial charge in [0.05, 0.1) is 37.3 Å². The van der Waals surface area contributed by atoms with Gasteiger partial charge in [-0.2, -0.15) is 0 Å². The predicted molar refractivity (Wildman–Crippen MR) is 126 cm³/mol. The summed E-state index contributed by atoms with van der Waals surface area (Å²) in [6, 6.07) is 4.33. The first-order valence-electron chi connectivity index (χ1n) is 11.9. The number of pyridine rings is 1. The fourth-order valence-corrected chi connectivity index (χ4v) is 5.04. The topological polar surface area (TPSA) is 91.7 Å². The molecule has 174 valence electrons. The average molecular weight is 450 g/mol. The van der Waals surface area contributed by atoms with Crippen molar-refractivity contribution in [1.29, 1.82) is 0 Å². The van der Waals surface area contributed by atoms with Crippen LogP contribution < -0.4 is 4.90 Å². The molecule has 1 amide bonds. The molecule has 33 heavy (non-hydrogen) atoms. The van der Waals surface area contributed by atoms with Crippen molar-refractivity contribution in [2.24, 2.45) is 0 Å². The van der Waals surface area contributed by atoms with Crippen molar-refractivity contribution in [1.82, 2.24) is 19.9 Å². The molecule has 1 N–H and O–H groups in total. The molecule has 3 aliphatic rings. The highest BCUT2D eigenvalue weighted by atomic mass is 16.5. The molecule has 2 aromatic rings. The van der Waals surface area contributed by atoms with Crippen LogP contribution in [0.4, 0.5) is 5.82 Å². The summed E-state index contributed by atoms with van der Waals surface area (Å²) in [5.74, 6) is 1.78. The number of rotatable bonds is 5. The number of nitrogens with zero attached hydrogens (tertiary/aromatic N) is 5. The van der Waals surface area contributed by atoms with Crippen molar-refractivity contribution in [2.75, 3.05) is 44.4 Å². The number of aliphatic hydroxyl groups excluding tert-OH is 1. The van der Waals surface area contributed by atoms with Gasteiger partial charge in [0.25, 0.3) is 0 Å². The maximum atomic E-state index is 12.4. The molecule has 4 heterocycles. The Hall–Kier alpha value is -2.84. The molecule has 0 bridgehead atoms. The molecule has 2 atom stereocenters. The number of anilines is 1. The van der Waals surface area contributed by atoms with E-state index in [-0.39, 0.29) is 30.9 Å². The number of amides is 1. The molecule has 8 nitrogen and oxygen atoms in total. The minimum Gasteiger partial charge on any atom is -0.396 e. The standard InChI is InChI=1S/C25H31N5O3/c1-17-16-33-13-11-30(17)23-14-22(18-4-3-10-29(15-18)24(32)8-12-31)27-25(28-23)20-7-9-26-21-6-2-5-19(20)21/h2,5,7,9,14,17-18,31H,3-4,6,8,10-13,15-16H2,1H3/t17-,18-/m1/s1. The minimum absolute atomic E-state index is 0.00981. The molecule has 1 aliphatic carbocycles. The quantitative estimate of drug-likeness (QED) is 0.750. The number of fused-ring (bicyclic) bond motifs is 1. The zero-order valence-corrected chi connectivity index (χ0v) is 19.1. The van der Waals surface area contributed by atoms with Crippen LogP contribution in [0, 0.1) is 0 Å². The number of carbonyl (C=O) groups excluding carboxylic acids is 1. The molecule has 0 aromatic carbocycles. The van der Waals surface area contributed by atoms with Crippen molar-refractivity contribution >= 4 is 17.8 Å². The lowest BCUT2D eigenvalue weighted by molar-refractivity contribution is -0.133. The normalized spacial score (nSPS) is 22.5. The summed E-state index contributed by atoms with van der Waals surface area (Å²) in [4.78, 5) is 31.2. The Labute approximate surface area is 194 Å². The van der Waals surface area contributed by atoms with Gasteiger partial charge in [-0.25, -0.2) is 9.97 Å². The first-order valence-corrected chi connectivity index (χ1v) is 11.9. The number of ether oxygens (including phenoxy) is 1. The summed E-state index contributed by atoms with van der Waals surface area (Å²) in [6.07, 6.45) is 8.99. The van der Waals surface area contributed by atoms with Crippen LogP contribution >= 0.6 is 0 Å². The molecule has 0 unspecified atom stereocenters. The monoisotopic (exact) mass is 449 g/mol. The first-order chi connectivity index (χ1) is 16.1. The highest BCUT2D eigenvalue weighted by Gasteiger charge is 2.29. The number of aromatic nitrogens is 3. The van der Waals surface area contributed by atoms with E-state index in [1.165, 1.54) is 0 Å². The van der Waals surface area contributed by atoms with Gasteiger partial charge in [0, 0.05) is 61.8 Å². The fourth-order valence-electron chi connectivity index (χ4n) is 5.04. The van der Waals surface area contributed by atoms with E-state index in [9.17, 15) is 9.90 Å². The Morgan fingerprint density at radius 2 is 2.21 bits per heavy atom. The van der Waals surface area contributed by atoms with Gasteiger partial charge in [-0.1, -0.05) is 12.2 Å². The third-order valence-corrected chi connectivity index (χ3v) is 6.82. The van der Waals surface area contributed by atoms with Gasteiger partial charge >= 0.3 is 0 Å². The van der Waals surface area contributed by atoms with E-state index in [4.69, 9.17) is 14.7 Å². The van der Waals surface area contributed by atoms with Crippen LogP contribution in [0.3, 0.4) is 0 Å². The van der Waals surface area contributed by atoms with Crippen LogP contribution in [0.2, 0.25) is 0 Å². The van der Waals surface area contributed by atoms with Gasteiger partial charge in [-0.15, -0.1) is 0 Å². The van der Waals surface area contributed by atoms with Crippen LogP contribution in [0.5, 0.6) is 0 Å². The van der Waals surface area contributed by atoms with E-state index in [1.54, 1.807) is 0 Å². The number of morpholine rings is 1. The second-order valence-electron chi connectivity index (χ2n) is 9.07. The van der Waals surface area contributed by atoms with Gasteiger partial charge < -0.3 is 19.6 Å². The van der Waals surface area contributed by atoms with Crippen molar-refractivity contribution < 1.29 is 14.6 Å². The van der Waals surface area contributed by atoms with Crippen molar-refractivity contribution in [3.8, 4) is 11.4 Å². The summed E-state index contributed by atoms with van der Waals surface area (Å²) in [7, 11) is 0. The highest BCUT2D eigenvalue weighted by Crippen LogP contribution is 2.33. The van der Waals surface area contributed by atoms with Gasteiger partial charge in [-0.05, 0) is 25.8 Å². The largest absolute Gasteiger partial charge is 0.396 e. The number of likely N-dealkylation sites (tertiary alicyclic amines) is 1. The Bertz CT molecular complexity index is 1060. The maximum absolute atomic E-state index is 12.4. The van der Waals surface area contributed by atoms with E-state index < -0.39 is 0 Å². The van der Waals surface area contributed by atoms with Gasteiger partial charge in [0.2, 0.25) is 5.91 Å². The molecule has 2 saturated heterocycles. The summed E-state index contributed by atoms with van der Waals surface area (Å²) in [5.41, 5.74) is 4.13. The molecule has 8 heteroatoms. The van der Waals surface area contributed by atoms with Crippen LogP contribution in [0.15, 0.2) is 24.4 Å². The van der Waals surface area contributed by atoms with Gasteiger partial charge in [-0.3, -0.25) is 9.78 Å². The maximum Gasteiger partial charge on any atom is 0.224 e. The number of piperidine rings is 1. The zero-order valence-electron chi connectivity index (χ0n) is 19.1. The van der Waals surface area contributed by atoms with E-state index in [2.05, 4.69) is 35.0 Å². The molecule has 0 saturated carbocycles. The number of hydrogen-bond acceptors (Lipinski definition) is 7. The molecular weight excluding hydrogens is 418 g/mol. The summed E-state index contributed by atoms with van der Waals surface area (Å²) < 4.78 is 5.65. The Morgan fingerprint density at radius 1 is 1.30 bits per heavy atom. The molecule has 0 spiro atoms. The molecule has 2 aromatic heterocycles. The number of allylic oxidation sites excluding steroid dienone is 1. The first kappa shape index (κ1) is 22.0. The fraction of sp³-hybridized carbons (Fsp3) is 0.520. The summed E-state index contributed by atoms with van der Waals surface area (Å²) in [6.45, 7) is 5.55. The second-order valence-corrected chi connectivity index (χ2v) is 9.07. The van der Waals surface area contributed by atoms with Crippen LogP contribution in [-0.2, 0) is 16.0 Å². The zero-order chi connectivity index (χ0) is 22.8. The predicted octanol–water partition coefficient (Wildman–Crippen LogP) is 2.42. The second kappa shape index (κ2) is 9.57. The van der Waals surface area contributed by atoms with E-state index in [1.807, 2.05) is 17.2 Å². The number of aliphatic hydroxyl groups is 1. The molecular formula is C25H31N5O3. The number of carbonyl (C=O) groups is 1. The average Bonchev–Trinajstić information content (AvgIpc) is 3.33. The highest BCUT2D eigenvalue weighted by molar-refractivity contribution is 5.77. The molecule has 5 rings (SSSR count). The Morgan fingerprint density at radius 3 is 3.06 bits per heavy atom. The van der Waals surface area contributed by atoms with Crippen molar-refractivity contribution in [3.05, 3.63) is 41.4 Å². The van der Waals surface area contributed by atoms with Crippen LogP contribution in [0.25, 0.3) is 17.5 Å². The SMILES string of the molecule is C[C@@H]1COCCN1c1cc([C@@H]2CCCN(C(=O)CCO)C2)nc(-c2ccnc3c2C=CC3)n1. The van der Waals surface area contributed by atoms with Crippen LogP contribution in [0.1, 0.15) is 49.1 Å². The summed E-state index contributed by atoms with van der Waals surface area (Å²) in [5, 5.41) is 9.20. The van der Waals surface area contributed by atoms with Gasteiger partial charge in [0.15, 0.2) is 5.82 Å². The third kappa shape index (κ3) is 4.50. The smallest absolute Gasteiger partial charge is 0.224 e. The third-order valence-electron chi connectivity index (χ3n) is 6.82. The van der Waals surface area contributed by atoms with E-state index >= 15 is 0 Å². The van der Waals surface area contributed by atoms with Crippen LogP contribution in [-0.4, -0.2) is 76.4 Å². The van der Waals surface area contributed by atoms with Crippen molar-refractivity contribution in [2.45, 2.75) is 44.6 Å². The van der Waals surface area contributed by atoms with E-state index in [0.717, 1.165) is 60.7 Å². The van der Waals surface area contributed by atoms with E-state index in [0.29, 0.717) is 25.6 Å². The Balaban J connectivity index is 1.54. The minimum atomic E-state index is -0.114. The lowest BCUT2D eigenvalue weighted by atomic mass is 9.93. The summed E-state index contributed by atoms with van der Waals surface area (Å²) >= 11 is 0. The Kier molecular flexibility index (Phi) is 6.37.